The van der Waals surface area contributed by atoms with Crippen LogP contribution >= 0.6 is 23.4 Å². The smallest absolute Gasteiger partial charge is 0.230 e. The number of benzene rings is 1. The third-order valence-electron chi connectivity index (χ3n) is 3.83. The number of nitrogens with zero attached hydrogens (tertiary/aromatic N) is 3. The van der Waals surface area contributed by atoms with E-state index in [1.54, 1.807) is 0 Å². The Morgan fingerprint density at radius 1 is 1.44 bits per heavy atom. The standard InChI is InChI=1S/C17H21ClN4O2S/c1-3-22-15(9-24-14-8-11(2)4-7-13(14)18)20-21-17(22)25-10-16(23)19-12-5-6-12/h4,7-8,12H,3,5-6,9-10H2,1-2H3,(H,19,23). The van der Waals surface area contributed by atoms with Crippen molar-refractivity contribution in [2.45, 2.75) is 51.0 Å². The summed E-state index contributed by atoms with van der Waals surface area (Å²) in [7, 11) is 0. The van der Waals surface area contributed by atoms with Gasteiger partial charge in [-0.15, -0.1) is 10.2 Å². The van der Waals surface area contributed by atoms with E-state index in [0.29, 0.717) is 34.9 Å². The van der Waals surface area contributed by atoms with Crippen molar-refractivity contribution < 1.29 is 9.53 Å². The van der Waals surface area contributed by atoms with Crippen LogP contribution in [-0.2, 0) is 17.9 Å². The molecule has 1 heterocycles. The molecule has 25 heavy (non-hydrogen) atoms. The van der Waals surface area contributed by atoms with Crippen molar-refractivity contribution in [2.24, 2.45) is 0 Å². The Morgan fingerprint density at radius 2 is 2.24 bits per heavy atom. The Kier molecular flexibility index (Phi) is 5.86. The number of thioether (sulfide) groups is 1. The van der Waals surface area contributed by atoms with Crippen LogP contribution in [0.5, 0.6) is 5.75 Å². The zero-order valence-corrected chi connectivity index (χ0v) is 15.9. The molecule has 134 valence electrons. The highest BCUT2D eigenvalue weighted by atomic mass is 35.5. The van der Waals surface area contributed by atoms with Crippen molar-refractivity contribution >= 4 is 29.3 Å². The van der Waals surface area contributed by atoms with Gasteiger partial charge in [-0.25, -0.2) is 0 Å². The van der Waals surface area contributed by atoms with Crippen LogP contribution in [0.1, 0.15) is 31.2 Å². The molecule has 0 radical (unpaired) electrons. The van der Waals surface area contributed by atoms with Gasteiger partial charge in [0, 0.05) is 12.6 Å². The van der Waals surface area contributed by atoms with Crippen molar-refractivity contribution in [2.75, 3.05) is 5.75 Å². The Morgan fingerprint density at radius 3 is 2.96 bits per heavy atom. The highest BCUT2D eigenvalue weighted by Crippen LogP contribution is 2.26. The van der Waals surface area contributed by atoms with E-state index >= 15 is 0 Å². The van der Waals surface area contributed by atoms with E-state index in [4.69, 9.17) is 16.3 Å². The molecule has 0 aliphatic heterocycles. The number of carbonyl (C=O) groups excluding carboxylic acids is 1. The molecule has 6 nitrogen and oxygen atoms in total. The van der Waals surface area contributed by atoms with Crippen molar-refractivity contribution in [1.82, 2.24) is 20.1 Å². The van der Waals surface area contributed by atoms with Crippen molar-refractivity contribution in [1.29, 1.82) is 0 Å². The van der Waals surface area contributed by atoms with Crippen LogP contribution < -0.4 is 10.1 Å². The minimum atomic E-state index is 0.0440. The van der Waals surface area contributed by atoms with E-state index in [9.17, 15) is 4.79 Å². The zero-order valence-electron chi connectivity index (χ0n) is 14.3. The van der Waals surface area contributed by atoms with Gasteiger partial charge in [-0.05, 0) is 44.4 Å². The number of amides is 1. The fourth-order valence-electron chi connectivity index (χ4n) is 2.34. The molecule has 0 bridgehead atoms. The highest BCUT2D eigenvalue weighted by molar-refractivity contribution is 7.99. The van der Waals surface area contributed by atoms with E-state index in [1.165, 1.54) is 11.8 Å². The van der Waals surface area contributed by atoms with Crippen molar-refractivity contribution in [3.8, 4) is 5.75 Å². The molecule has 1 aromatic carbocycles. The zero-order chi connectivity index (χ0) is 17.8. The number of hydrogen-bond donors (Lipinski definition) is 1. The summed E-state index contributed by atoms with van der Waals surface area (Å²) in [6, 6.07) is 6.02. The van der Waals surface area contributed by atoms with Crippen LogP contribution in [0.15, 0.2) is 23.4 Å². The summed E-state index contributed by atoms with van der Waals surface area (Å²) in [5.41, 5.74) is 1.08. The lowest BCUT2D eigenvalue weighted by molar-refractivity contribution is -0.118. The molecule has 1 aliphatic rings. The second-order valence-electron chi connectivity index (χ2n) is 6.00. The lowest BCUT2D eigenvalue weighted by Crippen LogP contribution is -2.27. The summed E-state index contributed by atoms with van der Waals surface area (Å²) in [5.74, 6) is 1.73. The minimum Gasteiger partial charge on any atom is -0.484 e. The molecular formula is C17H21ClN4O2S. The molecule has 1 amide bonds. The van der Waals surface area contributed by atoms with Gasteiger partial charge in [0.25, 0.3) is 0 Å². The first kappa shape index (κ1) is 18.1. The number of halogens is 1. The maximum absolute atomic E-state index is 11.8. The molecule has 0 saturated heterocycles. The lowest BCUT2D eigenvalue weighted by atomic mass is 10.2. The second-order valence-corrected chi connectivity index (χ2v) is 7.35. The molecule has 1 aliphatic carbocycles. The molecule has 3 rings (SSSR count). The van der Waals surface area contributed by atoms with Crippen molar-refractivity contribution in [3.63, 3.8) is 0 Å². The molecule has 8 heteroatoms. The molecule has 0 unspecified atom stereocenters. The first-order valence-corrected chi connectivity index (χ1v) is 9.66. The third kappa shape index (κ3) is 4.89. The topological polar surface area (TPSA) is 69.0 Å². The average Bonchev–Trinajstić information content (AvgIpc) is 3.31. The maximum atomic E-state index is 11.8. The molecule has 1 aromatic heterocycles. The molecule has 0 spiro atoms. The summed E-state index contributed by atoms with van der Waals surface area (Å²) in [4.78, 5) is 11.8. The summed E-state index contributed by atoms with van der Waals surface area (Å²) in [6.07, 6.45) is 2.18. The van der Waals surface area contributed by atoms with Gasteiger partial charge in [0.05, 0.1) is 10.8 Å². The molecule has 1 N–H and O–H groups in total. The number of carbonyl (C=O) groups is 1. The van der Waals surface area contributed by atoms with E-state index in [-0.39, 0.29) is 12.5 Å². The average molecular weight is 381 g/mol. The van der Waals surface area contributed by atoms with Gasteiger partial charge >= 0.3 is 0 Å². The van der Waals surface area contributed by atoms with Crippen LogP contribution in [0.25, 0.3) is 0 Å². The number of aromatic nitrogens is 3. The van der Waals surface area contributed by atoms with Crippen molar-refractivity contribution in [3.05, 3.63) is 34.6 Å². The molecular weight excluding hydrogens is 360 g/mol. The second kappa shape index (κ2) is 8.10. The molecule has 2 aromatic rings. The number of nitrogens with one attached hydrogen (secondary N) is 1. The van der Waals surface area contributed by atoms with Gasteiger partial charge in [-0.2, -0.15) is 0 Å². The largest absolute Gasteiger partial charge is 0.484 e. The van der Waals surface area contributed by atoms with Crippen LogP contribution in [0.2, 0.25) is 5.02 Å². The Balaban J connectivity index is 1.60. The Labute approximate surface area is 156 Å². The summed E-state index contributed by atoms with van der Waals surface area (Å²) in [5, 5.41) is 12.7. The van der Waals surface area contributed by atoms with E-state index < -0.39 is 0 Å². The predicted molar refractivity (Wildman–Crippen MR) is 98.1 cm³/mol. The van der Waals surface area contributed by atoms with Gasteiger partial charge < -0.3 is 14.6 Å². The molecule has 0 atom stereocenters. The van der Waals surface area contributed by atoms with Crippen LogP contribution in [0, 0.1) is 6.92 Å². The summed E-state index contributed by atoms with van der Waals surface area (Å²) in [6.45, 7) is 4.98. The van der Waals surface area contributed by atoms with Gasteiger partial charge in [0.1, 0.15) is 12.4 Å². The number of aryl methyl sites for hydroxylation is 1. The van der Waals surface area contributed by atoms with Crippen LogP contribution in [0.4, 0.5) is 0 Å². The van der Waals surface area contributed by atoms with Gasteiger partial charge in [0.15, 0.2) is 11.0 Å². The maximum Gasteiger partial charge on any atom is 0.230 e. The normalized spacial score (nSPS) is 13.7. The number of hydrogen-bond acceptors (Lipinski definition) is 5. The highest BCUT2D eigenvalue weighted by Gasteiger charge is 2.23. The minimum absolute atomic E-state index is 0.0440. The molecule has 1 fully saturated rings. The quantitative estimate of drug-likeness (QED) is 0.712. The summed E-state index contributed by atoms with van der Waals surface area (Å²) < 4.78 is 7.76. The first-order chi connectivity index (χ1) is 12.1. The monoisotopic (exact) mass is 380 g/mol. The Hall–Kier alpha value is -1.73. The number of rotatable bonds is 8. The van der Waals surface area contributed by atoms with Gasteiger partial charge in [-0.1, -0.05) is 29.4 Å². The van der Waals surface area contributed by atoms with Crippen LogP contribution in [-0.4, -0.2) is 32.5 Å². The van der Waals surface area contributed by atoms with Gasteiger partial charge in [0.2, 0.25) is 5.91 Å². The summed E-state index contributed by atoms with van der Waals surface area (Å²) >= 11 is 7.55. The number of ether oxygens (including phenoxy) is 1. The molecule has 1 saturated carbocycles. The van der Waals surface area contributed by atoms with E-state index in [0.717, 1.165) is 23.6 Å². The van der Waals surface area contributed by atoms with Crippen LogP contribution in [0.3, 0.4) is 0 Å². The third-order valence-corrected chi connectivity index (χ3v) is 5.11. The lowest BCUT2D eigenvalue weighted by Gasteiger charge is -2.10. The SMILES string of the molecule is CCn1c(COc2cc(C)ccc2Cl)nnc1SCC(=O)NC1CC1. The predicted octanol–water partition coefficient (Wildman–Crippen LogP) is 3.21. The Bertz CT molecular complexity index is 761. The fraction of sp³-hybridized carbons (Fsp3) is 0.471. The fourth-order valence-corrected chi connectivity index (χ4v) is 3.35. The van der Waals surface area contributed by atoms with E-state index in [1.807, 2.05) is 36.6 Å². The van der Waals surface area contributed by atoms with E-state index in [2.05, 4.69) is 15.5 Å². The first-order valence-electron chi connectivity index (χ1n) is 8.30. The van der Waals surface area contributed by atoms with Gasteiger partial charge in [-0.3, -0.25) is 4.79 Å².